The molecule has 0 aliphatic rings. The Morgan fingerprint density at radius 2 is 2.25 bits per heavy atom. The fraction of sp³-hybridized carbons (Fsp3) is 0.875. The van der Waals surface area contributed by atoms with Crippen LogP contribution in [0.3, 0.4) is 0 Å². The van der Waals surface area contributed by atoms with Crippen LogP contribution in [0.4, 0.5) is 0 Å². The SMILES string of the molecule is CCNCC(C)C(=O)NCCN. The van der Waals surface area contributed by atoms with Gasteiger partial charge in [0.1, 0.15) is 0 Å². The number of carbonyl (C=O) groups is 1. The minimum atomic E-state index is 0.0245. The first-order valence-corrected chi connectivity index (χ1v) is 4.40. The summed E-state index contributed by atoms with van der Waals surface area (Å²) in [6, 6.07) is 0. The normalized spacial score (nSPS) is 12.6. The number of nitrogens with one attached hydrogen (secondary N) is 2. The van der Waals surface area contributed by atoms with E-state index in [1.165, 1.54) is 0 Å². The third-order valence-electron chi connectivity index (χ3n) is 1.59. The average molecular weight is 173 g/mol. The lowest BCUT2D eigenvalue weighted by Crippen LogP contribution is -2.37. The molecule has 0 bridgehead atoms. The molecular weight excluding hydrogens is 154 g/mol. The summed E-state index contributed by atoms with van der Waals surface area (Å²) in [5.41, 5.74) is 5.25. The number of nitrogens with two attached hydrogens (primary N) is 1. The van der Waals surface area contributed by atoms with Gasteiger partial charge in [0.05, 0.1) is 0 Å². The van der Waals surface area contributed by atoms with Crippen LogP contribution in [0.2, 0.25) is 0 Å². The van der Waals surface area contributed by atoms with Crippen molar-refractivity contribution in [3.05, 3.63) is 0 Å². The fourth-order valence-corrected chi connectivity index (χ4v) is 0.823. The minimum absolute atomic E-state index is 0.0245. The molecule has 12 heavy (non-hydrogen) atoms. The van der Waals surface area contributed by atoms with Crippen LogP contribution in [-0.2, 0) is 4.79 Å². The van der Waals surface area contributed by atoms with E-state index in [1.807, 2.05) is 13.8 Å². The largest absolute Gasteiger partial charge is 0.355 e. The van der Waals surface area contributed by atoms with Crippen LogP contribution in [0.25, 0.3) is 0 Å². The third kappa shape index (κ3) is 5.09. The Labute approximate surface area is 73.9 Å². The van der Waals surface area contributed by atoms with Crippen LogP contribution in [0.1, 0.15) is 13.8 Å². The van der Waals surface area contributed by atoms with Crippen LogP contribution in [0, 0.1) is 5.92 Å². The molecule has 1 amide bonds. The smallest absolute Gasteiger partial charge is 0.224 e. The van der Waals surface area contributed by atoms with Crippen molar-refractivity contribution in [3.63, 3.8) is 0 Å². The zero-order valence-electron chi connectivity index (χ0n) is 7.89. The molecular formula is C8H19N3O. The highest BCUT2D eigenvalue weighted by atomic mass is 16.1. The maximum absolute atomic E-state index is 11.2. The van der Waals surface area contributed by atoms with Gasteiger partial charge in [-0.1, -0.05) is 13.8 Å². The molecule has 0 aromatic carbocycles. The maximum Gasteiger partial charge on any atom is 0.224 e. The summed E-state index contributed by atoms with van der Waals surface area (Å²) in [5, 5.41) is 5.85. The van der Waals surface area contributed by atoms with Crippen molar-refractivity contribution in [1.82, 2.24) is 10.6 Å². The van der Waals surface area contributed by atoms with E-state index in [-0.39, 0.29) is 11.8 Å². The minimum Gasteiger partial charge on any atom is -0.355 e. The summed E-state index contributed by atoms with van der Waals surface area (Å²) < 4.78 is 0. The number of hydrogen-bond acceptors (Lipinski definition) is 3. The Morgan fingerprint density at radius 3 is 2.75 bits per heavy atom. The molecule has 0 aliphatic carbocycles. The summed E-state index contributed by atoms with van der Waals surface area (Å²) in [6.07, 6.45) is 0. The van der Waals surface area contributed by atoms with E-state index in [1.54, 1.807) is 0 Å². The molecule has 0 rings (SSSR count). The maximum atomic E-state index is 11.2. The van der Waals surface area contributed by atoms with Gasteiger partial charge in [0.25, 0.3) is 0 Å². The number of amides is 1. The number of carbonyl (C=O) groups excluding carboxylic acids is 1. The molecule has 1 atom stereocenters. The Hall–Kier alpha value is -0.610. The van der Waals surface area contributed by atoms with Crippen LogP contribution in [0.5, 0.6) is 0 Å². The first-order valence-electron chi connectivity index (χ1n) is 4.40. The molecule has 0 aromatic rings. The highest BCUT2D eigenvalue weighted by Crippen LogP contribution is 1.90. The van der Waals surface area contributed by atoms with Crippen LogP contribution in [-0.4, -0.2) is 32.1 Å². The molecule has 4 nitrogen and oxygen atoms in total. The van der Waals surface area contributed by atoms with Crippen molar-refractivity contribution in [2.24, 2.45) is 11.7 Å². The topological polar surface area (TPSA) is 67.2 Å². The van der Waals surface area contributed by atoms with E-state index >= 15 is 0 Å². The molecule has 0 radical (unpaired) electrons. The Balaban J connectivity index is 3.47. The van der Waals surface area contributed by atoms with E-state index in [9.17, 15) is 4.79 Å². The summed E-state index contributed by atoms with van der Waals surface area (Å²) in [6.45, 7) is 6.61. The molecule has 4 heteroatoms. The molecule has 0 saturated carbocycles. The van der Waals surface area contributed by atoms with Crippen LogP contribution in [0.15, 0.2) is 0 Å². The van der Waals surface area contributed by atoms with E-state index < -0.39 is 0 Å². The van der Waals surface area contributed by atoms with E-state index in [0.29, 0.717) is 13.1 Å². The van der Waals surface area contributed by atoms with E-state index in [4.69, 9.17) is 5.73 Å². The first-order chi connectivity index (χ1) is 5.72. The highest BCUT2D eigenvalue weighted by molar-refractivity contribution is 5.78. The van der Waals surface area contributed by atoms with Gasteiger partial charge >= 0.3 is 0 Å². The zero-order valence-corrected chi connectivity index (χ0v) is 7.89. The highest BCUT2D eigenvalue weighted by Gasteiger charge is 2.10. The Morgan fingerprint density at radius 1 is 1.58 bits per heavy atom. The van der Waals surface area contributed by atoms with Crippen LogP contribution < -0.4 is 16.4 Å². The van der Waals surface area contributed by atoms with Gasteiger partial charge in [-0.05, 0) is 6.54 Å². The molecule has 1 unspecified atom stereocenters. The van der Waals surface area contributed by atoms with Gasteiger partial charge < -0.3 is 16.4 Å². The van der Waals surface area contributed by atoms with Gasteiger partial charge in [-0.15, -0.1) is 0 Å². The monoisotopic (exact) mass is 173 g/mol. The lowest BCUT2D eigenvalue weighted by Gasteiger charge is -2.11. The van der Waals surface area contributed by atoms with Crippen molar-refractivity contribution in [1.29, 1.82) is 0 Å². The van der Waals surface area contributed by atoms with Crippen molar-refractivity contribution < 1.29 is 4.79 Å². The lowest BCUT2D eigenvalue weighted by molar-refractivity contribution is -0.124. The molecule has 0 heterocycles. The first kappa shape index (κ1) is 11.4. The second-order valence-electron chi connectivity index (χ2n) is 2.79. The molecule has 0 fully saturated rings. The summed E-state index contributed by atoms with van der Waals surface area (Å²) in [7, 11) is 0. The fourth-order valence-electron chi connectivity index (χ4n) is 0.823. The van der Waals surface area contributed by atoms with Crippen LogP contribution >= 0.6 is 0 Å². The third-order valence-corrected chi connectivity index (χ3v) is 1.59. The summed E-state index contributed by atoms with van der Waals surface area (Å²) in [5.74, 6) is 0.0953. The average Bonchev–Trinajstić information content (AvgIpc) is 2.10. The van der Waals surface area contributed by atoms with Crippen molar-refractivity contribution in [2.45, 2.75) is 13.8 Å². The quantitative estimate of drug-likeness (QED) is 0.498. The number of rotatable bonds is 6. The van der Waals surface area contributed by atoms with Gasteiger partial charge in [-0.2, -0.15) is 0 Å². The predicted molar refractivity (Wildman–Crippen MR) is 49.8 cm³/mol. The summed E-state index contributed by atoms with van der Waals surface area (Å²) >= 11 is 0. The zero-order chi connectivity index (χ0) is 9.40. The standard InChI is InChI=1S/C8H19N3O/c1-3-10-6-7(2)8(12)11-5-4-9/h7,10H,3-6,9H2,1-2H3,(H,11,12). The second kappa shape index (κ2) is 7.06. The molecule has 0 aliphatic heterocycles. The second-order valence-corrected chi connectivity index (χ2v) is 2.79. The van der Waals surface area contributed by atoms with Gasteiger partial charge in [-0.25, -0.2) is 0 Å². The van der Waals surface area contributed by atoms with Crippen molar-refractivity contribution >= 4 is 5.91 Å². The molecule has 0 aromatic heterocycles. The van der Waals surface area contributed by atoms with Crippen molar-refractivity contribution in [2.75, 3.05) is 26.2 Å². The van der Waals surface area contributed by atoms with Gasteiger partial charge in [-0.3, -0.25) is 4.79 Å². The van der Waals surface area contributed by atoms with E-state index in [0.717, 1.165) is 13.1 Å². The molecule has 4 N–H and O–H groups in total. The van der Waals surface area contributed by atoms with Gasteiger partial charge in [0.2, 0.25) is 5.91 Å². The van der Waals surface area contributed by atoms with Gasteiger partial charge in [0.15, 0.2) is 0 Å². The van der Waals surface area contributed by atoms with Gasteiger partial charge in [0, 0.05) is 25.6 Å². The van der Waals surface area contributed by atoms with E-state index in [2.05, 4.69) is 10.6 Å². The van der Waals surface area contributed by atoms with Crippen molar-refractivity contribution in [3.8, 4) is 0 Å². The Kier molecular flexibility index (Phi) is 6.70. The molecule has 0 spiro atoms. The lowest BCUT2D eigenvalue weighted by atomic mass is 10.1. The number of hydrogen-bond donors (Lipinski definition) is 3. The Bertz CT molecular complexity index is 127. The molecule has 0 saturated heterocycles. The predicted octanol–water partition coefficient (Wildman–Crippen LogP) is -0.693. The molecule has 72 valence electrons. The summed E-state index contributed by atoms with van der Waals surface area (Å²) in [4.78, 5) is 11.2.